The number of halogens is 1. The molecule has 0 saturated heterocycles. The van der Waals surface area contributed by atoms with Crippen molar-refractivity contribution in [2.24, 2.45) is 0 Å². The summed E-state index contributed by atoms with van der Waals surface area (Å²) >= 11 is 0. The third-order valence-corrected chi connectivity index (χ3v) is 3.46. The van der Waals surface area contributed by atoms with E-state index in [9.17, 15) is 14.0 Å². The number of anilines is 1. The number of H-pyrrole nitrogens is 1. The van der Waals surface area contributed by atoms with Gasteiger partial charge in [0.05, 0.1) is 0 Å². The molecule has 0 unspecified atom stereocenters. The first-order valence-corrected chi connectivity index (χ1v) is 6.98. The van der Waals surface area contributed by atoms with Crippen molar-refractivity contribution in [1.82, 2.24) is 10.3 Å². The summed E-state index contributed by atoms with van der Waals surface area (Å²) in [6.07, 6.45) is 0. The Labute approximate surface area is 131 Å². The first-order valence-electron chi connectivity index (χ1n) is 6.98. The van der Waals surface area contributed by atoms with Gasteiger partial charge in [0.25, 0.3) is 11.8 Å². The predicted octanol–water partition coefficient (Wildman–Crippen LogP) is 2.92. The van der Waals surface area contributed by atoms with Crippen molar-refractivity contribution < 1.29 is 14.0 Å². The topological polar surface area (TPSA) is 74.0 Å². The molecule has 3 rings (SSSR count). The number of aromatic amines is 1. The van der Waals surface area contributed by atoms with Crippen molar-refractivity contribution in [1.29, 1.82) is 0 Å². The fourth-order valence-corrected chi connectivity index (χ4v) is 2.27. The molecule has 3 N–H and O–H groups in total. The minimum absolute atomic E-state index is 0.194. The van der Waals surface area contributed by atoms with Crippen LogP contribution in [0.15, 0.2) is 48.5 Å². The smallest absolute Gasteiger partial charge is 0.272 e. The number of benzene rings is 2. The molecule has 0 fully saturated rings. The van der Waals surface area contributed by atoms with Gasteiger partial charge in [0.2, 0.25) is 0 Å². The zero-order chi connectivity index (χ0) is 16.4. The van der Waals surface area contributed by atoms with Crippen LogP contribution in [-0.4, -0.2) is 23.8 Å². The van der Waals surface area contributed by atoms with Gasteiger partial charge in [-0.05, 0) is 48.5 Å². The molecule has 1 aromatic heterocycles. The highest BCUT2D eigenvalue weighted by atomic mass is 19.1. The van der Waals surface area contributed by atoms with Gasteiger partial charge in [-0.2, -0.15) is 0 Å². The van der Waals surface area contributed by atoms with Crippen LogP contribution < -0.4 is 10.6 Å². The van der Waals surface area contributed by atoms with E-state index in [1.54, 1.807) is 43.4 Å². The molecule has 23 heavy (non-hydrogen) atoms. The van der Waals surface area contributed by atoms with Crippen LogP contribution in [0.4, 0.5) is 10.1 Å². The van der Waals surface area contributed by atoms with E-state index >= 15 is 0 Å². The molecule has 0 bridgehead atoms. The second-order valence-corrected chi connectivity index (χ2v) is 5.03. The number of amides is 2. The zero-order valence-corrected chi connectivity index (χ0v) is 12.3. The lowest BCUT2D eigenvalue weighted by atomic mass is 10.2. The number of rotatable bonds is 3. The lowest BCUT2D eigenvalue weighted by Crippen LogP contribution is -2.18. The largest absolute Gasteiger partial charge is 0.355 e. The monoisotopic (exact) mass is 311 g/mol. The number of aromatic nitrogens is 1. The van der Waals surface area contributed by atoms with Gasteiger partial charge in [0.15, 0.2) is 0 Å². The molecule has 5 nitrogen and oxygen atoms in total. The minimum atomic E-state index is -0.353. The van der Waals surface area contributed by atoms with Crippen molar-refractivity contribution in [2.75, 3.05) is 12.4 Å². The zero-order valence-electron chi connectivity index (χ0n) is 12.3. The molecule has 0 aliphatic rings. The molecule has 0 aliphatic heterocycles. The first kappa shape index (κ1) is 14.8. The van der Waals surface area contributed by atoms with Crippen LogP contribution in [0.5, 0.6) is 0 Å². The number of nitrogens with one attached hydrogen (secondary N) is 3. The number of carbonyl (C=O) groups excluding carboxylic acids is 2. The van der Waals surface area contributed by atoms with Crippen molar-refractivity contribution in [3.05, 3.63) is 65.6 Å². The SMILES string of the molecule is CNC(=O)c1ccc(NC(=O)c2cc3cc(F)ccc3[nH]2)cc1. The number of fused-ring (bicyclic) bond motifs is 1. The summed E-state index contributed by atoms with van der Waals surface area (Å²) in [5.41, 5.74) is 2.09. The second-order valence-electron chi connectivity index (χ2n) is 5.03. The summed E-state index contributed by atoms with van der Waals surface area (Å²) in [5.74, 6) is -0.886. The average molecular weight is 311 g/mol. The average Bonchev–Trinajstić information content (AvgIpc) is 2.98. The van der Waals surface area contributed by atoms with Crippen LogP contribution in [-0.2, 0) is 0 Å². The molecule has 1 heterocycles. The molecular formula is C17H14FN3O2. The number of hydrogen-bond donors (Lipinski definition) is 3. The van der Waals surface area contributed by atoms with E-state index in [1.165, 1.54) is 12.1 Å². The van der Waals surface area contributed by atoms with E-state index in [1.807, 2.05) is 0 Å². The van der Waals surface area contributed by atoms with E-state index in [-0.39, 0.29) is 17.6 Å². The molecule has 0 radical (unpaired) electrons. The molecule has 0 saturated carbocycles. The number of carbonyl (C=O) groups is 2. The van der Waals surface area contributed by atoms with E-state index < -0.39 is 0 Å². The Hall–Kier alpha value is -3.15. The standard InChI is InChI=1S/C17H14FN3O2/c1-19-16(22)10-2-5-13(6-3-10)20-17(23)15-9-11-8-12(18)4-7-14(11)21-15/h2-9,21H,1H3,(H,19,22)(H,20,23). The van der Waals surface area contributed by atoms with E-state index in [2.05, 4.69) is 15.6 Å². The molecule has 2 aromatic carbocycles. The van der Waals surface area contributed by atoms with Crippen molar-refractivity contribution in [2.45, 2.75) is 0 Å². The molecule has 6 heteroatoms. The second kappa shape index (κ2) is 5.92. The van der Waals surface area contributed by atoms with Gasteiger partial charge in [-0.15, -0.1) is 0 Å². The molecule has 116 valence electrons. The highest BCUT2D eigenvalue weighted by molar-refractivity contribution is 6.06. The Morgan fingerprint density at radius 3 is 2.43 bits per heavy atom. The van der Waals surface area contributed by atoms with Crippen LogP contribution in [0, 0.1) is 5.82 Å². The van der Waals surface area contributed by atoms with Crippen molar-refractivity contribution in [3.63, 3.8) is 0 Å². The fraction of sp³-hybridized carbons (Fsp3) is 0.0588. The third kappa shape index (κ3) is 3.06. The Morgan fingerprint density at radius 1 is 1.00 bits per heavy atom. The lowest BCUT2D eigenvalue weighted by molar-refractivity contribution is 0.0962. The van der Waals surface area contributed by atoms with Crippen LogP contribution in [0.3, 0.4) is 0 Å². The summed E-state index contributed by atoms with van der Waals surface area (Å²) in [5, 5.41) is 5.88. The van der Waals surface area contributed by atoms with Crippen LogP contribution >= 0.6 is 0 Å². The Morgan fingerprint density at radius 2 is 1.74 bits per heavy atom. The van der Waals surface area contributed by atoms with E-state index in [0.717, 1.165) is 0 Å². The van der Waals surface area contributed by atoms with Gasteiger partial charge in [-0.1, -0.05) is 0 Å². The maximum Gasteiger partial charge on any atom is 0.272 e. The van der Waals surface area contributed by atoms with Crippen LogP contribution in [0.2, 0.25) is 0 Å². The molecule has 2 amide bonds. The first-order chi connectivity index (χ1) is 11.1. The van der Waals surface area contributed by atoms with Gasteiger partial charge in [-0.25, -0.2) is 4.39 Å². The Balaban J connectivity index is 1.78. The molecule has 0 atom stereocenters. The van der Waals surface area contributed by atoms with Crippen molar-refractivity contribution in [3.8, 4) is 0 Å². The molecule has 0 aliphatic carbocycles. The summed E-state index contributed by atoms with van der Waals surface area (Å²) in [7, 11) is 1.55. The normalized spacial score (nSPS) is 10.5. The van der Waals surface area contributed by atoms with Gasteiger partial charge < -0.3 is 15.6 Å². The Kier molecular flexibility index (Phi) is 3.80. The molecule has 3 aromatic rings. The highest BCUT2D eigenvalue weighted by Gasteiger charge is 2.11. The van der Waals surface area contributed by atoms with Crippen LogP contribution in [0.1, 0.15) is 20.8 Å². The number of hydrogen-bond acceptors (Lipinski definition) is 2. The van der Waals surface area contributed by atoms with Gasteiger partial charge in [-0.3, -0.25) is 9.59 Å². The quantitative estimate of drug-likeness (QED) is 0.696. The van der Waals surface area contributed by atoms with Crippen molar-refractivity contribution >= 4 is 28.4 Å². The van der Waals surface area contributed by atoms with E-state index in [0.29, 0.717) is 27.8 Å². The summed E-state index contributed by atoms with van der Waals surface area (Å²) in [6.45, 7) is 0. The fourth-order valence-electron chi connectivity index (χ4n) is 2.27. The maximum atomic E-state index is 13.2. The van der Waals surface area contributed by atoms with Crippen LogP contribution in [0.25, 0.3) is 10.9 Å². The highest BCUT2D eigenvalue weighted by Crippen LogP contribution is 2.18. The summed E-state index contributed by atoms with van der Waals surface area (Å²) < 4.78 is 13.2. The molecule has 0 spiro atoms. The van der Waals surface area contributed by atoms with Gasteiger partial charge >= 0.3 is 0 Å². The Bertz CT molecular complexity index is 884. The summed E-state index contributed by atoms with van der Waals surface area (Å²) in [6, 6.07) is 12.4. The summed E-state index contributed by atoms with van der Waals surface area (Å²) in [4.78, 5) is 26.6. The third-order valence-electron chi connectivity index (χ3n) is 3.46. The predicted molar refractivity (Wildman–Crippen MR) is 86.0 cm³/mol. The molecular weight excluding hydrogens is 297 g/mol. The lowest BCUT2D eigenvalue weighted by Gasteiger charge is -2.05. The minimum Gasteiger partial charge on any atom is -0.355 e. The maximum absolute atomic E-state index is 13.2. The van der Waals surface area contributed by atoms with Gasteiger partial charge in [0, 0.05) is 29.2 Å². The van der Waals surface area contributed by atoms with E-state index in [4.69, 9.17) is 0 Å². The van der Waals surface area contributed by atoms with Gasteiger partial charge in [0.1, 0.15) is 11.5 Å².